The van der Waals surface area contributed by atoms with Crippen LogP contribution < -0.4 is 5.32 Å². The lowest BCUT2D eigenvalue weighted by Gasteiger charge is -2.37. The second kappa shape index (κ2) is 7.18. The van der Waals surface area contributed by atoms with Crippen molar-refractivity contribution in [2.75, 3.05) is 32.7 Å². The van der Waals surface area contributed by atoms with Gasteiger partial charge in [-0.2, -0.15) is 0 Å². The van der Waals surface area contributed by atoms with Gasteiger partial charge in [-0.15, -0.1) is 0 Å². The van der Waals surface area contributed by atoms with Crippen LogP contribution in [0.25, 0.3) is 0 Å². The van der Waals surface area contributed by atoms with Crippen molar-refractivity contribution in [2.24, 2.45) is 5.92 Å². The molecule has 0 aromatic rings. The first-order valence-corrected chi connectivity index (χ1v) is 8.97. The third-order valence-corrected chi connectivity index (χ3v) is 4.93. The molecule has 3 atom stereocenters. The predicted molar refractivity (Wildman–Crippen MR) is 86.9 cm³/mol. The third-order valence-electron chi connectivity index (χ3n) is 4.93. The fraction of sp³-hybridized carbons (Fsp3) is 0.882. The molecule has 130 valence electrons. The summed E-state index contributed by atoms with van der Waals surface area (Å²) in [6.45, 7) is 7.40. The maximum Gasteiger partial charge on any atom is 0.236 e. The Balaban J connectivity index is 1.48. The van der Waals surface area contributed by atoms with Gasteiger partial charge in [0, 0.05) is 25.7 Å². The average molecular weight is 323 g/mol. The highest BCUT2D eigenvalue weighted by Crippen LogP contribution is 2.22. The summed E-state index contributed by atoms with van der Waals surface area (Å²) in [7, 11) is 0. The number of hydrogen-bond donors (Lipinski definition) is 1. The lowest BCUT2D eigenvalue weighted by atomic mass is 9.97. The molecule has 1 N–H and O–H groups in total. The maximum absolute atomic E-state index is 12.5. The van der Waals surface area contributed by atoms with E-state index in [1.165, 1.54) is 0 Å². The van der Waals surface area contributed by atoms with E-state index in [4.69, 9.17) is 4.74 Å². The molecule has 2 aliphatic heterocycles. The molecule has 2 amide bonds. The number of nitrogens with zero attached hydrogens (tertiary/aromatic N) is 2. The summed E-state index contributed by atoms with van der Waals surface area (Å²) >= 11 is 0. The Morgan fingerprint density at radius 1 is 1.09 bits per heavy atom. The molecular weight excluding hydrogens is 294 g/mol. The van der Waals surface area contributed by atoms with Crippen LogP contribution in [0.3, 0.4) is 0 Å². The van der Waals surface area contributed by atoms with Crippen LogP contribution in [0.2, 0.25) is 0 Å². The molecule has 3 unspecified atom stereocenters. The van der Waals surface area contributed by atoms with Crippen LogP contribution in [0.4, 0.5) is 0 Å². The van der Waals surface area contributed by atoms with Gasteiger partial charge in [-0.25, -0.2) is 0 Å². The fourth-order valence-corrected chi connectivity index (χ4v) is 3.63. The van der Waals surface area contributed by atoms with Gasteiger partial charge in [0.2, 0.25) is 11.8 Å². The summed E-state index contributed by atoms with van der Waals surface area (Å²) in [5, 5.41) is 3.09. The number of carbonyl (C=O) groups excluding carboxylic acids is 2. The smallest absolute Gasteiger partial charge is 0.236 e. The van der Waals surface area contributed by atoms with E-state index in [9.17, 15) is 9.59 Å². The molecule has 0 bridgehead atoms. The summed E-state index contributed by atoms with van der Waals surface area (Å²) in [5.41, 5.74) is 0. The van der Waals surface area contributed by atoms with Crippen molar-refractivity contribution >= 4 is 11.8 Å². The molecule has 23 heavy (non-hydrogen) atoms. The topological polar surface area (TPSA) is 61.9 Å². The summed E-state index contributed by atoms with van der Waals surface area (Å²) in [6, 6.07) is 0.413. The minimum Gasteiger partial charge on any atom is -0.372 e. The normalized spacial score (nSPS) is 32.6. The minimum absolute atomic E-state index is 0.0414. The van der Waals surface area contributed by atoms with Crippen LogP contribution in [-0.4, -0.2) is 72.6 Å². The summed E-state index contributed by atoms with van der Waals surface area (Å²) in [5.74, 6) is 0.383. The van der Waals surface area contributed by atoms with E-state index in [-0.39, 0.29) is 29.9 Å². The van der Waals surface area contributed by atoms with Crippen molar-refractivity contribution in [1.29, 1.82) is 0 Å². The Labute approximate surface area is 138 Å². The van der Waals surface area contributed by atoms with Crippen molar-refractivity contribution in [2.45, 2.75) is 57.8 Å². The SMILES string of the molecule is CC1CN(C(=O)CN2CCCC(C(=O)NC3CC3)C2)CC(C)O1. The lowest BCUT2D eigenvalue weighted by Crippen LogP contribution is -2.52. The van der Waals surface area contributed by atoms with Crippen LogP contribution in [0.1, 0.15) is 39.5 Å². The molecule has 1 saturated carbocycles. The van der Waals surface area contributed by atoms with Gasteiger partial charge in [0.25, 0.3) is 0 Å². The van der Waals surface area contributed by atoms with Gasteiger partial charge in [0.1, 0.15) is 0 Å². The molecule has 0 spiro atoms. The first-order valence-electron chi connectivity index (χ1n) is 8.97. The Bertz CT molecular complexity index is 442. The monoisotopic (exact) mass is 323 g/mol. The molecule has 3 rings (SSSR count). The van der Waals surface area contributed by atoms with Crippen molar-refractivity contribution in [3.8, 4) is 0 Å². The van der Waals surface area contributed by atoms with Crippen LogP contribution >= 0.6 is 0 Å². The third kappa shape index (κ3) is 4.67. The van der Waals surface area contributed by atoms with E-state index in [2.05, 4.69) is 10.2 Å². The fourth-order valence-electron chi connectivity index (χ4n) is 3.63. The standard InChI is InChI=1S/C17H29N3O3/c1-12-8-20(9-13(2)23-12)16(21)11-19-7-3-4-14(10-19)17(22)18-15-5-6-15/h12-15H,3-11H2,1-2H3,(H,18,22). The Morgan fingerprint density at radius 2 is 1.78 bits per heavy atom. The predicted octanol–water partition coefficient (Wildman–Crippen LogP) is 0.613. The second-order valence-electron chi connectivity index (χ2n) is 7.41. The van der Waals surface area contributed by atoms with Crippen LogP contribution in [0, 0.1) is 5.92 Å². The zero-order chi connectivity index (χ0) is 16.4. The highest BCUT2D eigenvalue weighted by molar-refractivity contribution is 5.80. The first kappa shape index (κ1) is 16.7. The quantitative estimate of drug-likeness (QED) is 0.824. The summed E-state index contributed by atoms with van der Waals surface area (Å²) < 4.78 is 5.69. The van der Waals surface area contributed by atoms with Gasteiger partial charge >= 0.3 is 0 Å². The van der Waals surface area contributed by atoms with Crippen LogP contribution in [-0.2, 0) is 14.3 Å². The highest BCUT2D eigenvalue weighted by atomic mass is 16.5. The minimum atomic E-state index is 0.0414. The van der Waals surface area contributed by atoms with E-state index in [0.29, 0.717) is 32.2 Å². The number of nitrogens with one attached hydrogen (secondary N) is 1. The van der Waals surface area contributed by atoms with Crippen LogP contribution in [0.15, 0.2) is 0 Å². The van der Waals surface area contributed by atoms with E-state index in [1.54, 1.807) is 0 Å². The lowest BCUT2D eigenvalue weighted by molar-refractivity contribution is -0.145. The summed E-state index contributed by atoms with van der Waals surface area (Å²) in [6.07, 6.45) is 4.37. The van der Waals surface area contributed by atoms with Gasteiger partial charge in [0.05, 0.1) is 24.7 Å². The number of ether oxygens (including phenoxy) is 1. The zero-order valence-corrected chi connectivity index (χ0v) is 14.3. The average Bonchev–Trinajstić information content (AvgIpc) is 3.30. The van der Waals surface area contributed by atoms with Crippen molar-refractivity contribution in [1.82, 2.24) is 15.1 Å². The molecule has 6 nitrogen and oxygen atoms in total. The molecule has 0 radical (unpaired) electrons. The van der Waals surface area contributed by atoms with E-state index in [0.717, 1.165) is 32.2 Å². The molecule has 3 aliphatic rings. The molecule has 2 heterocycles. The molecule has 1 aliphatic carbocycles. The first-order chi connectivity index (χ1) is 11.0. The van der Waals surface area contributed by atoms with Gasteiger partial charge < -0.3 is 15.0 Å². The number of likely N-dealkylation sites (tertiary alicyclic amines) is 1. The zero-order valence-electron chi connectivity index (χ0n) is 14.3. The number of morpholine rings is 1. The molecule has 6 heteroatoms. The Morgan fingerprint density at radius 3 is 2.43 bits per heavy atom. The number of piperidine rings is 1. The van der Waals surface area contributed by atoms with Crippen molar-refractivity contribution in [3.63, 3.8) is 0 Å². The van der Waals surface area contributed by atoms with Crippen molar-refractivity contribution < 1.29 is 14.3 Å². The van der Waals surface area contributed by atoms with E-state index >= 15 is 0 Å². The van der Waals surface area contributed by atoms with Gasteiger partial charge in [0.15, 0.2) is 0 Å². The largest absolute Gasteiger partial charge is 0.372 e. The van der Waals surface area contributed by atoms with Gasteiger partial charge in [-0.1, -0.05) is 0 Å². The molecule has 0 aromatic carbocycles. The van der Waals surface area contributed by atoms with E-state index < -0.39 is 0 Å². The molecular formula is C17H29N3O3. The van der Waals surface area contributed by atoms with Gasteiger partial charge in [-0.3, -0.25) is 14.5 Å². The van der Waals surface area contributed by atoms with Crippen LogP contribution in [0.5, 0.6) is 0 Å². The van der Waals surface area contributed by atoms with E-state index in [1.807, 2.05) is 18.7 Å². The molecule has 3 fully saturated rings. The number of amides is 2. The molecule has 2 saturated heterocycles. The highest BCUT2D eigenvalue weighted by Gasteiger charge is 2.32. The number of hydrogen-bond acceptors (Lipinski definition) is 4. The van der Waals surface area contributed by atoms with Gasteiger partial charge in [-0.05, 0) is 46.1 Å². The number of carbonyl (C=O) groups is 2. The van der Waals surface area contributed by atoms with Crippen molar-refractivity contribution in [3.05, 3.63) is 0 Å². The second-order valence-corrected chi connectivity index (χ2v) is 7.41. The summed E-state index contributed by atoms with van der Waals surface area (Å²) in [4.78, 5) is 28.8. The molecule has 0 aromatic heterocycles. The Kier molecular flexibility index (Phi) is 5.21. The number of rotatable bonds is 4. The maximum atomic E-state index is 12.5. The Hall–Kier alpha value is -1.14.